The van der Waals surface area contributed by atoms with Crippen LogP contribution in [0.2, 0.25) is 0 Å². The van der Waals surface area contributed by atoms with Gasteiger partial charge in [-0.2, -0.15) is 5.10 Å². The summed E-state index contributed by atoms with van der Waals surface area (Å²) in [5, 5.41) is 8.09. The Hall–Kier alpha value is -0.870. The van der Waals surface area contributed by atoms with Crippen molar-refractivity contribution in [3.8, 4) is 0 Å². The van der Waals surface area contributed by atoms with E-state index in [4.69, 9.17) is 9.84 Å². The number of ether oxygens (including phenoxy) is 1. The van der Waals surface area contributed by atoms with Gasteiger partial charge in [-0.05, 0) is 45.6 Å². The van der Waals surface area contributed by atoms with E-state index in [9.17, 15) is 0 Å². The lowest BCUT2D eigenvalue weighted by atomic mass is 10.1. The van der Waals surface area contributed by atoms with Crippen molar-refractivity contribution in [2.75, 3.05) is 13.7 Å². The van der Waals surface area contributed by atoms with Gasteiger partial charge in [0.15, 0.2) is 0 Å². The Kier molecular flexibility index (Phi) is 6.05. The zero-order valence-electron chi connectivity index (χ0n) is 13.2. The van der Waals surface area contributed by atoms with Gasteiger partial charge in [-0.3, -0.25) is 4.68 Å². The maximum atomic E-state index is 5.70. The molecule has 1 fully saturated rings. The van der Waals surface area contributed by atoms with Gasteiger partial charge in [0.05, 0.1) is 11.8 Å². The first-order valence-corrected chi connectivity index (χ1v) is 8.13. The van der Waals surface area contributed by atoms with E-state index < -0.39 is 0 Å². The third kappa shape index (κ3) is 3.61. The molecule has 0 aromatic carbocycles. The third-order valence-corrected chi connectivity index (χ3v) is 4.19. The van der Waals surface area contributed by atoms with Crippen LogP contribution in [0.4, 0.5) is 0 Å². The number of hydrogen-bond acceptors (Lipinski definition) is 3. The Balaban J connectivity index is 1.98. The van der Waals surface area contributed by atoms with Crippen LogP contribution in [0.15, 0.2) is 0 Å². The Morgan fingerprint density at radius 1 is 1.35 bits per heavy atom. The molecule has 20 heavy (non-hydrogen) atoms. The molecule has 114 valence electrons. The maximum Gasteiger partial charge on any atom is 0.0669 e. The molecule has 0 saturated carbocycles. The summed E-state index contributed by atoms with van der Waals surface area (Å²) < 4.78 is 7.93. The molecule has 1 unspecified atom stereocenters. The summed E-state index contributed by atoms with van der Waals surface area (Å²) in [6.45, 7) is 7.33. The van der Waals surface area contributed by atoms with E-state index in [0.717, 1.165) is 32.5 Å². The van der Waals surface area contributed by atoms with E-state index in [-0.39, 0.29) is 0 Å². The molecule has 0 bridgehead atoms. The molecule has 1 aliphatic heterocycles. The molecule has 2 heterocycles. The lowest BCUT2D eigenvalue weighted by Crippen LogP contribution is -2.11. The zero-order valence-corrected chi connectivity index (χ0v) is 13.2. The van der Waals surface area contributed by atoms with Gasteiger partial charge in [0.1, 0.15) is 0 Å². The first kappa shape index (κ1) is 15.5. The highest BCUT2D eigenvalue weighted by atomic mass is 16.5. The van der Waals surface area contributed by atoms with E-state index in [0.29, 0.717) is 6.10 Å². The van der Waals surface area contributed by atoms with Gasteiger partial charge in [0.2, 0.25) is 0 Å². The molecule has 1 aromatic heterocycles. The summed E-state index contributed by atoms with van der Waals surface area (Å²) >= 11 is 0. The normalized spacial score (nSPS) is 18.9. The van der Waals surface area contributed by atoms with Gasteiger partial charge in [0.25, 0.3) is 0 Å². The van der Waals surface area contributed by atoms with Crippen LogP contribution < -0.4 is 5.32 Å². The molecule has 1 saturated heterocycles. The van der Waals surface area contributed by atoms with E-state index in [2.05, 4.69) is 23.8 Å². The van der Waals surface area contributed by atoms with Crippen LogP contribution in [0.1, 0.15) is 56.5 Å². The third-order valence-electron chi connectivity index (χ3n) is 4.19. The second-order valence-corrected chi connectivity index (χ2v) is 5.61. The summed E-state index contributed by atoms with van der Waals surface area (Å²) in [6.07, 6.45) is 7.39. The van der Waals surface area contributed by atoms with Gasteiger partial charge in [0, 0.05) is 31.0 Å². The minimum atomic E-state index is 0.498. The maximum absolute atomic E-state index is 5.70. The molecular weight excluding hydrogens is 250 g/mol. The van der Waals surface area contributed by atoms with Crippen LogP contribution in [-0.4, -0.2) is 29.5 Å². The van der Waals surface area contributed by atoms with E-state index in [1.807, 2.05) is 7.05 Å². The van der Waals surface area contributed by atoms with Gasteiger partial charge < -0.3 is 10.1 Å². The van der Waals surface area contributed by atoms with Crippen LogP contribution in [-0.2, 0) is 30.7 Å². The highest BCUT2D eigenvalue weighted by molar-refractivity contribution is 5.26. The van der Waals surface area contributed by atoms with Crippen molar-refractivity contribution in [3.05, 3.63) is 17.0 Å². The molecule has 2 rings (SSSR count). The summed E-state index contributed by atoms with van der Waals surface area (Å²) in [5.41, 5.74) is 4.08. The van der Waals surface area contributed by atoms with Gasteiger partial charge >= 0.3 is 0 Å². The topological polar surface area (TPSA) is 39.1 Å². The molecular formula is C16H29N3O. The summed E-state index contributed by atoms with van der Waals surface area (Å²) in [7, 11) is 2.01. The van der Waals surface area contributed by atoms with Crippen molar-refractivity contribution in [3.63, 3.8) is 0 Å². The van der Waals surface area contributed by atoms with Gasteiger partial charge in [-0.1, -0.05) is 13.8 Å². The van der Waals surface area contributed by atoms with E-state index in [1.165, 1.54) is 42.6 Å². The summed E-state index contributed by atoms with van der Waals surface area (Å²) in [6, 6.07) is 0. The second-order valence-electron chi connectivity index (χ2n) is 5.61. The molecule has 0 spiro atoms. The minimum absolute atomic E-state index is 0.498. The predicted molar refractivity (Wildman–Crippen MR) is 82.0 cm³/mol. The van der Waals surface area contributed by atoms with Crippen LogP contribution in [0.5, 0.6) is 0 Å². The van der Waals surface area contributed by atoms with Crippen molar-refractivity contribution < 1.29 is 4.74 Å². The molecule has 1 atom stereocenters. The fourth-order valence-electron chi connectivity index (χ4n) is 3.18. The first-order valence-electron chi connectivity index (χ1n) is 8.13. The Morgan fingerprint density at radius 3 is 2.80 bits per heavy atom. The number of nitrogens with one attached hydrogen (secondary N) is 1. The highest BCUT2D eigenvalue weighted by Crippen LogP contribution is 2.20. The van der Waals surface area contributed by atoms with Crippen molar-refractivity contribution in [1.82, 2.24) is 15.1 Å². The lowest BCUT2D eigenvalue weighted by Gasteiger charge is -2.11. The minimum Gasteiger partial charge on any atom is -0.378 e. The van der Waals surface area contributed by atoms with Gasteiger partial charge in [-0.25, -0.2) is 0 Å². The molecule has 0 aliphatic carbocycles. The molecule has 0 radical (unpaired) electrons. The highest BCUT2D eigenvalue weighted by Gasteiger charge is 2.17. The average Bonchev–Trinajstić information content (AvgIpc) is 3.07. The predicted octanol–water partition coefficient (Wildman–Crippen LogP) is 2.69. The number of hydrogen-bond donors (Lipinski definition) is 1. The van der Waals surface area contributed by atoms with Crippen molar-refractivity contribution in [2.24, 2.45) is 0 Å². The van der Waals surface area contributed by atoms with Crippen LogP contribution >= 0.6 is 0 Å². The Labute approximate surface area is 122 Å². The van der Waals surface area contributed by atoms with Crippen molar-refractivity contribution in [2.45, 2.75) is 71.6 Å². The fraction of sp³-hybridized carbons (Fsp3) is 0.812. The summed E-state index contributed by atoms with van der Waals surface area (Å²) in [5.74, 6) is 0. The molecule has 1 aliphatic rings. The van der Waals surface area contributed by atoms with Crippen molar-refractivity contribution in [1.29, 1.82) is 0 Å². The van der Waals surface area contributed by atoms with E-state index in [1.54, 1.807) is 0 Å². The smallest absolute Gasteiger partial charge is 0.0669 e. The first-order chi connectivity index (χ1) is 9.80. The number of aromatic nitrogens is 2. The number of nitrogens with zero attached hydrogens (tertiary/aromatic N) is 2. The monoisotopic (exact) mass is 279 g/mol. The van der Waals surface area contributed by atoms with Gasteiger partial charge in [-0.15, -0.1) is 0 Å². The lowest BCUT2D eigenvalue weighted by molar-refractivity contribution is 0.101. The Bertz CT molecular complexity index is 408. The number of rotatable bonds is 8. The quantitative estimate of drug-likeness (QED) is 0.795. The number of aryl methyl sites for hydroxylation is 2. The molecule has 0 amide bonds. The molecule has 4 nitrogen and oxygen atoms in total. The molecule has 1 N–H and O–H groups in total. The van der Waals surface area contributed by atoms with Crippen LogP contribution in [0.3, 0.4) is 0 Å². The zero-order chi connectivity index (χ0) is 14.4. The van der Waals surface area contributed by atoms with Crippen molar-refractivity contribution >= 4 is 0 Å². The molecule has 1 aromatic rings. The summed E-state index contributed by atoms with van der Waals surface area (Å²) in [4.78, 5) is 0. The fourth-order valence-corrected chi connectivity index (χ4v) is 3.18. The van der Waals surface area contributed by atoms with Crippen LogP contribution in [0.25, 0.3) is 0 Å². The van der Waals surface area contributed by atoms with E-state index >= 15 is 0 Å². The largest absolute Gasteiger partial charge is 0.378 e. The molecule has 4 heteroatoms. The standard InChI is InChI=1S/C16H29N3O/c1-4-15-14(12-17-3)16(5-2)19(18-15)10-6-8-13-9-7-11-20-13/h13,17H,4-12H2,1-3H3. The van der Waals surface area contributed by atoms with Crippen LogP contribution in [0, 0.1) is 0 Å². The Morgan fingerprint density at radius 2 is 2.20 bits per heavy atom. The SMILES string of the molecule is CCc1nn(CCCC2CCCO2)c(CC)c1CNC. The second kappa shape index (κ2) is 7.79. The average molecular weight is 279 g/mol.